The summed E-state index contributed by atoms with van der Waals surface area (Å²) in [5.74, 6) is 5.85. The molecule has 1 aromatic heterocycles. The number of rotatable bonds is 5. The van der Waals surface area contributed by atoms with Gasteiger partial charge in [0.2, 0.25) is 0 Å². The van der Waals surface area contributed by atoms with Gasteiger partial charge in [-0.15, -0.1) is 11.3 Å². The third-order valence-corrected chi connectivity index (χ3v) is 5.34. The molecule has 1 fully saturated rings. The van der Waals surface area contributed by atoms with Crippen LogP contribution in [0.25, 0.3) is 0 Å². The van der Waals surface area contributed by atoms with Crippen molar-refractivity contribution in [3.63, 3.8) is 0 Å². The van der Waals surface area contributed by atoms with E-state index in [1.165, 1.54) is 17.7 Å². The standard InChI is InChI=1S/C15H26N2OS/c1-4-18-15(9-7-14(2,3)8-10-15)13(17-16)12-6-5-11-19-12/h5-6,11,13,17H,4,7-10,16H2,1-3H3. The van der Waals surface area contributed by atoms with E-state index in [9.17, 15) is 0 Å². The summed E-state index contributed by atoms with van der Waals surface area (Å²) in [4.78, 5) is 1.27. The number of ether oxygens (including phenoxy) is 1. The Balaban J connectivity index is 2.23. The largest absolute Gasteiger partial charge is 0.373 e. The monoisotopic (exact) mass is 282 g/mol. The molecule has 4 heteroatoms. The summed E-state index contributed by atoms with van der Waals surface area (Å²) < 4.78 is 6.20. The Hall–Kier alpha value is -0.420. The van der Waals surface area contributed by atoms with Crippen molar-refractivity contribution < 1.29 is 4.74 Å². The third kappa shape index (κ3) is 3.19. The molecule has 2 rings (SSSR count). The molecule has 0 amide bonds. The lowest BCUT2D eigenvalue weighted by molar-refractivity contribution is -0.107. The molecule has 1 unspecified atom stereocenters. The predicted molar refractivity (Wildman–Crippen MR) is 81.0 cm³/mol. The molecule has 0 aliphatic heterocycles. The Bertz CT molecular complexity index is 379. The van der Waals surface area contributed by atoms with E-state index in [1.54, 1.807) is 11.3 Å². The molecular weight excluding hydrogens is 256 g/mol. The molecule has 1 aliphatic rings. The molecule has 0 saturated heterocycles. The summed E-state index contributed by atoms with van der Waals surface area (Å²) in [5, 5.41) is 2.10. The van der Waals surface area contributed by atoms with E-state index in [-0.39, 0.29) is 11.6 Å². The molecule has 19 heavy (non-hydrogen) atoms. The van der Waals surface area contributed by atoms with Gasteiger partial charge in [0.15, 0.2) is 0 Å². The van der Waals surface area contributed by atoms with Crippen LogP contribution < -0.4 is 11.3 Å². The van der Waals surface area contributed by atoms with E-state index in [0.717, 1.165) is 19.4 Å². The topological polar surface area (TPSA) is 47.3 Å². The highest BCUT2D eigenvalue weighted by Crippen LogP contribution is 2.48. The van der Waals surface area contributed by atoms with Gasteiger partial charge in [0.25, 0.3) is 0 Å². The third-order valence-electron chi connectivity index (χ3n) is 4.40. The van der Waals surface area contributed by atoms with Gasteiger partial charge in [0, 0.05) is 11.5 Å². The summed E-state index contributed by atoms with van der Waals surface area (Å²) in [7, 11) is 0. The second-order valence-corrected chi connectivity index (χ2v) is 7.26. The minimum absolute atomic E-state index is 0.101. The van der Waals surface area contributed by atoms with Crippen molar-refractivity contribution in [2.45, 2.75) is 58.1 Å². The van der Waals surface area contributed by atoms with E-state index in [0.29, 0.717) is 5.41 Å². The number of nitrogens with two attached hydrogens (primary N) is 1. The Morgan fingerprint density at radius 2 is 2.05 bits per heavy atom. The Morgan fingerprint density at radius 3 is 2.53 bits per heavy atom. The summed E-state index contributed by atoms with van der Waals surface area (Å²) in [6.07, 6.45) is 4.52. The van der Waals surface area contributed by atoms with Crippen LogP contribution in [0.4, 0.5) is 0 Å². The summed E-state index contributed by atoms with van der Waals surface area (Å²) in [5.41, 5.74) is 3.29. The van der Waals surface area contributed by atoms with Crippen LogP contribution in [0.15, 0.2) is 17.5 Å². The highest BCUT2D eigenvalue weighted by molar-refractivity contribution is 7.10. The molecule has 1 aliphatic carbocycles. The van der Waals surface area contributed by atoms with Crippen LogP contribution in [0.5, 0.6) is 0 Å². The molecule has 1 saturated carbocycles. The van der Waals surface area contributed by atoms with Gasteiger partial charge in [-0.05, 0) is 49.5 Å². The Kier molecular flexibility index (Phi) is 4.66. The first kappa shape index (κ1) is 15.0. The van der Waals surface area contributed by atoms with Gasteiger partial charge in [0.1, 0.15) is 0 Å². The average molecular weight is 282 g/mol. The molecule has 0 aromatic carbocycles. The van der Waals surface area contributed by atoms with Crippen LogP contribution in [0.3, 0.4) is 0 Å². The van der Waals surface area contributed by atoms with Crippen molar-refractivity contribution in [1.82, 2.24) is 5.43 Å². The molecule has 0 bridgehead atoms. The normalized spacial score (nSPS) is 23.2. The Labute approximate surface area is 120 Å². The molecule has 1 aromatic rings. The number of nitrogens with one attached hydrogen (secondary N) is 1. The lowest BCUT2D eigenvalue weighted by atomic mass is 9.68. The number of hydrazine groups is 1. The summed E-state index contributed by atoms with van der Waals surface area (Å²) in [6.45, 7) is 7.51. The van der Waals surface area contributed by atoms with Crippen LogP contribution in [0.2, 0.25) is 0 Å². The van der Waals surface area contributed by atoms with E-state index >= 15 is 0 Å². The second kappa shape index (κ2) is 5.92. The molecule has 108 valence electrons. The van der Waals surface area contributed by atoms with Gasteiger partial charge in [-0.25, -0.2) is 5.43 Å². The number of hydrogen-bond acceptors (Lipinski definition) is 4. The minimum Gasteiger partial charge on any atom is -0.373 e. The lowest BCUT2D eigenvalue weighted by Gasteiger charge is -2.47. The highest BCUT2D eigenvalue weighted by atomic mass is 32.1. The van der Waals surface area contributed by atoms with Crippen molar-refractivity contribution in [2.75, 3.05) is 6.61 Å². The minimum atomic E-state index is -0.149. The molecule has 3 N–H and O–H groups in total. The Morgan fingerprint density at radius 1 is 1.37 bits per heavy atom. The van der Waals surface area contributed by atoms with Crippen molar-refractivity contribution in [2.24, 2.45) is 11.3 Å². The van der Waals surface area contributed by atoms with Gasteiger partial charge in [-0.3, -0.25) is 5.84 Å². The molecular formula is C15H26N2OS. The highest BCUT2D eigenvalue weighted by Gasteiger charge is 2.45. The molecule has 0 spiro atoms. The number of hydrogen-bond donors (Lipinski definition) is 2. The van der Waals surface area contributed by atoms with Crippen molar-refractivity contribution >= 4 is 11.3 Å². The second-order valence-electron chi connectivity index (χ2n) is 6.28. The van der Waals surface area contributed by atoms with E-state index in [1.807, 2.05) is 0 Å². The van der Waals surface area contributed by atoms with E-state index < -0.39 is 0 Å². The maximum atomic E-state index is 6.20. The maximum Gasteiger partial charge on any atom is 0.0897 e. The lowest BCUT2D eigenvalue weighted by Crippen LogP contribution is -2.51. The fraction of sp³-hybridized carbons (Fsp3) is 0.733. The smallest absolute Gasteiger partial charge is 0.0897 e. The maximum absolute atomic E-state index is 6.20. The summed E-state index contributed by atoms with van der Waals surface area (Å²) >= 11 is 1.75. The van der Waals surface area contributed by atoms with Crippen molar-refractivity contribution in [1.29, 1.82) is 0 Å². The van der Waals surface area contributed by atoms with Gasteiger partial charge < -0.3 is 4.74 Å². The molecule has 3 nitrogen and oxygen atoms in total. The fourth-order valence-corrected chi connectivity index (χ4v) is 3.99. The van der Waals surface area contributed by atoms with Crippen LogP contribution in [-0.4, -0.2) is 12.2 Å². The fourth-order valence-electron chi connectivity index (χ4n) is 3.10. The van der Waals surface area contributed by atoms with Gasteiger partial charge in [-0.2, -0.15) is 0 Å². The SMILES string of the molecule is CCOC1(C(NN)c2cccs2)CCC(C)(C)CC1. The molecule has 1 atom stereocenters. The van der Waals surface area contributed by atoms with Crippen LogP contribution in [0.1, 0.15) is 57.4 Å². The molecule has 1 heterocycles. The quantitative estimate of drug-likeness (QED) is 0.640. The van der Waals surface area contributed by atoms with E-state index in [4.69, 9.17) is 10.6 Å². The first-order valence-corrected chi connectivity index (χ1v) is 8.04. The zero-order valence-electron chi connectivity index (χ0n) is 12.2. The first-order valence-electron chi connectivity index (χ1n) is 7.16. The van der Waals surface area contributed by atoms with Crippen molar-refractivity contribution in [3.05, 3.63) is 22.4 Å². The van der Waals surface area contributed by atoms with Gasteiger partial charge in [0.05, 0.1) is 11.6 Å². The summed E-state index contributed by atoms with van der Waals surface area (Å²) in [6, 6.07) is 4.33. The number of thiophene rings is 1. The van der Waals surface area contributed by atoms with Crippen molar-refractivity contribution in [3.8, 4) is 0 Å². The zero-order valence-corrected chi connectivity index (χ0v) is 13.1. The van der Waals surface area contributed by atoms with Crippen LogP contribution >= 0.6 is 11.3 Å². The van der Waals surface area contributed by atoms with Crippen LogP contribution in [0, 0.1) is 5.41 Å². The van der Waals surface area contributed by atoms with Gasteiger partial charge in [-0.1, -0.05) is 19.9 Å². The predicted octanol–water partition coefficient (Wildman–Crippen LogP) is 3.63. The zero-order chi connectivity index (χ0) is 13.9. The van der Waals surface area contributed by atoms with Gasteiger partial charge >= 0.3 is 0 Å². The molecule has 0 radical (unpaired) electrons. The van der Waals surface area contributed by atoms with Crippen LogP contribution in [-0.2, 0) is 4.74 Å². The first-order chi connectivity index (χ1) is 9.03. The van der Waals surface area contributed by atoms with E-state index in [2.05, 4.69) is 43.7 Å². The average Bonchev–Trinajstić information content (AvgIpc) is 2.88.